The Morgan fingerprint density at radius 1 is 1.15 bits per heavy atom. The maximum atomic E-state index is 13.6. The van der Waals surface area contributed by atoms with Gasteiger partial charge in [-0.1, -0.05) is 22.0 Å². The van der Waals surface area contributed by atoms with Gasteiger partial charge in [0.2, 0.25) is 0 Å². The average Bonchev–Trinajstić information content (AvgIpc) is 2.33. The molecule has 2 aromatic rings. The first-order valence-corrected chi connectivity index (χ1v) is 6.28. The van der Waals surface area contributed by atoms with Crippen LogP contribution in [0, 0.1) is 5.82 Å². The highest BCUT2D eigenvalue weighted by Crippen LogP contribution is 2.28. The van der Waals surface area contributed by atoms with Crippen molar-refractivity contribution in [3.8, 4) is 0 Å². The number of hydrogen-bond acceptors (Lipinski definition) is 1. The second-order valence-electron chi connectivity index (χ2n) is 4.12. The van der Waals surface area contributed by atoms with E-state index in [1.807, 2.05) is 0 Å². The number of aromatic nitrogens is 1. The third kappa shape index (κ3) is 3.27. The molecule has 1 heterocycles. The fourth-order valence-electron chi connectivity index (χ4n) is 1.66. The molecule has 1 aromatic heterocycles. The number of pyridine rings is 1. The minimum Gasteiger partial charge on any atom is -0.310 e. The molecular weight excluding hydrogens is 342 g/mol. The van der Waals surface area contributed by atoms with E-state index in [9.17, 15) is 22.4 Å². The number of halogens is 5. The lowest BCUT2D eigenvalue weighted by atomic mass is 10.2. The topological polar surface area (TPSA) is 22.0 Å². The van der Waals surface area contributed by atoms with E-state index in [1.54, 1.807) is 6.07 Å². The molecule has 0 N–H and O–H groups in total. The molecule has 0 amide bonds. The number of nitrogens with zero attached hydrogens (tertiary/aromatic N) is 1. The van der Waals surface area contributed by atoms with E-state index in [0.29, 0.717) is 16.7 Å². The molecule has 0 aliphatic rings. The van der Waals surface area contributed by atoms with E-state index in [2.05, 4.69) is 15.9 Å². The van der Waals surface area contributed by atoms with Crippen molar-refractivity contribution in [3.63, 3.8) is 0 Å². The Bertz CT molecular complexity index is 694. The van der Waals surface area contributed by atoms with Crippen LogP contribution in [0.15, 0.2) is 45.8 Å². The molecule has 2 rings (SSSR count). The number of benzene rings is 1. The Balaban J connectivity index is 2.40. The van der Waals surface area contributed by atoms with E-state index in [4.69, 9.17) is 0 Å². The highest BCUT2D eigenvalue weighted by Gasteiger charge is 2.31. The molecule has 0 bridgehead atoms. The van der Waals surface area contributed by atoms with Crippen LogP contribution in [-0.4, -0.2) is 4.57 Å². The Morgan fingerprint density at radius 2 is 1.85 bits per heavy atom. The van der Waals surface area contributed by atoms with Gasteiger partial charge in [0.05, 0.1) is 12.1 Å². The highest BCUT2D eigenvalue weighted by atomic mass is 79.9. The van der Waals surface area contributed by atoms with Gasteiger partial charge >= 0.3 is 6.18 Å². The van der Waals surface area contributed by atoms with Gasteiger partial charge in [0.1, 0.15) is 5.82 Å². The highest BCUT2D eigenvalue weighted by molar-refractivity contribution is 9.10. The number of alkyl halides is 3. The Morgan fingerprint density at radius 3 is 2.45 bits per heavy atom. The first kappa shape index (κ1) is 14.8. The van der Waals surface area contributed by atoms with Crippen LogP contribution in [0.25, 0.3) is 0 Å². The average molecular weight is 350 g/mol. The molecule has 0 aliphatic heterocycles. The smallest absolute Gasteiger partial charge is 0.310 e. The second kappa shape index (κ2) is 5.40. The van der Waals surface area contributed by atoms with Gasteiger partial charge in [0.15, 0.2) is 0 Å². The Kier molecular flexibility index (Phi) is 3.99. The summed E-state index contributed by atoms with van der Waals surface area (Å²) >= 11 is 3.08. The van der Waals surface area contributed by atoms with Crippen LogP contribution in [0.5, 0.6) is 0 Å². The van der Waals surface area contributed by atoms with E-state index in [-0.39, 0.29) is 12.1 Å². The van der Waals surface area contributed by atoms with Crippen molar-refractivity contribution in [1.82, 2.24) is 4.57 Å². The van der Waals surface area contributed by atoms with Crippen molar-refractivity contribution in [3.05, 3.63) is 68.3 Å². The summed E-state index contributed by atoms with van der Waals surface area (Å²) in [7, 11) is 0. The quantitative estimate of drug-likeness (QED) is 0.755. The molecule has 1 aromatic carbocycles. The molecule has 106 valence electrons. The minimum atomic E-state index is -4.55. The molecule has 2 nitrogen and oxygen atoms in total. The molecular formula is C13H8BrF4NO. The first-order valence-electron chi connectivity index (χ1n) is 5.49. The van der Waals surface area contributed by atoms with Gasteiger partial charge in [-0.3, -0.25) is 4.79 Å². The maximum absolute atomic E-state index is 13.6. The summed E-state index contributed by atoms with van der Waals surface area (Å²) in [5, 5.41) is 0. The van der Waals surface area contributed by atoms with Crippen LogP contribution < -0.4 is 5.56 Å². The zero-order valence-corrected chi connectivity index (χ0v) is 11.5. The summed E-state index contributed by atoms with van der Waals surface area (Å²) in [5.74, 6) is -0.594. The third-order valence-electron chi connectivity index (χ3n) is 2.67. The van der Waals surface area contributed by atoms with Gasteiger partial charge in [-0.05, 0) is 18.2 Å². The summed E-state index contributed by atoms with van der Waals surface area (Å²) in [6, 6.07) is 5.67. The van der Waals surface area contributed by atoms with Crippen LogP contribution in [0.2, 0.25) is 0 Å². The molecule has 0 saturated carbocycles. The normalized spacial score (nSPS) is 11.7. The van der Waals surface area contributed by atoms with Gasteiger partial charge in [0, 0.05) is 22.3 Å². The maximum Gasteiger partial charge on any atom is 0.417 e. The molecule has 0 radical (unpaired) electrons. The Labute approximate surface area is 119 Å². The zero-order valence-electron chi connectivity index (χ0n) is 9.92. The molecule has 7 heteroatoms. The van der Waals surface area contributed by atoms with E-state index < -0.39 is 23.1 Å². The van der Waals surface area contributed by atoms with Gasteiger partial charge in [-0.25, -0.2) is 4.39 Å². The zero-order chi connectivity index (χ0) is 14.9. The standard InChI is InChI=1S/C13H8BrF4NO/c14-10-3-1-8(11(15)5-10)6-19-7-9(13(16,17)18)2-4-12(19)20/h1-5,7H,6H2. The summed E-state index contributed by atoms with van der Waals surface area (Å²) in [5.41, 5.74) is -1.44. The molecule has 0 saturated heterocycles. The number of rotatable bonds is 2. The van der Waals surface area contributed by atoms with E-state index >= 15 is 0 Å². The van der Waals surface area contributed by atoms with Crippen molar-refractivity contribution in [1.29, 1.82) is 0 Å². The van der Waals surface area contributed by atoms with Crippen LogP contribution in [0.4, 0.5) is 17.6 Å². The SMILES string of the molecule is O=c1ccc(C(F)(F)F)cn1Cc1ccc(Br)cc1F. The van der Waals surface area contributed by atoms with E-state index in [1.165, 1.54) is 12.1 Å². The summed E-state index contributed by atoms with van der Waals surface area (Å²) in [4.78, 5) is 11.5. The van der Waals surface area contributed by atoms with Crippen LogP contribution >= 0.6 is 15.9 Å². The van der Waals surface area contributed by atoms with Gasteiger partial charge in [0.25, 0.3) is 5.56 Å². The second-order valence-corrected chi connectivity index (χ2v) is 5.03. The van der Waals surface area contributed by atoms with Crippen LogP contribution in [0.1, 0.15) is 11.1 Å². The van der Waals surface area contributed by atoms with E-state index in [0.717, 1.165) is 10.6 Å². The molecule has 20 heavy (non-hydrogen) atoms. The van der Waals surface area contributed by atoms with Crippen LogP contribution in [-0.2, 0) is 12.7 Å². The van der Waals surface area contributed by atoms with Crippen molar-refractivity contribution < 1.29 is 17.6 Å². The van der Waals surface area contributed by atoms with Crippen molar-refractivity contribution in [2.75, 3.05) is 0 Å². The molecule has 0 fully saturated rings. The fraction of sp³-hybridized carbons (Fsp3) is 0.154. The largest absolute Gasteiger partial charge is 0.417 e. The Hall–Kier alpha value is -1.63. The number of hydrogen-bond donors (Lipinski definition) is 0. The molecule has 0 unspecified atom stereocenters. The lowest BCUT2D eigenvalue weighted by Gasteiger charge is -2.11. The first-order chi connectivity index (χ1) is 9.27. The predicted molar refractivity (Wildman–Crippen MR) is 68.9 cm³/mol. The van der Waals surface area contributed by atoms with Crippen molar-refractivity contribution in [2.24, 2.45) is 0 Å². The fourth-order valence-corrected chi connectivity index (χ4v) is 1.99. The van der Waals surface area contributed by atoms with Gasteiger partial charge in [-0.15, -0.1) is 0 Å². The minimum absolute atomic E-state index is 0.134. The monoisotopic (exact) mass is 349 g/mol. The van der Waals surface area contributed by atoms with Gasteiger partial charge < -0.3 is 4.57 Å². The summed E-state index contributed by atoms with van der Waals surface area (Å²) < 4.78 is 52.7. The van der Waals surface area contributed by atoms with Crippen LogP contribution in [0.3, 0.4) is 0 Å². The predicted octanol–water partition coefficient (Wildman–Crippen LogP) is 3.82. The third-order valence-corrected chi connectivity index (χ3v) is 3.16. The molecule has 0 aliphatic carbocycles. The van der Waals surface area contributed by atoms with Crippen molar-refractivity contribution >= 4 is 15.9 Å². The van der Waals surface area contributed by atoms with Gasteiger partial charge in [-0.2, -0.15) is 13.2 Å². The molecule has 0 atom stereocenters. The lowest BCUT2D eigenvalue weighted by Crippen LogP contribution is -2.22. The lowest BCUT2D eigenvalue weighted by molar-refractivity contribution is -0.138. The summed E-state index contributed by atoms with van der Waals surface area (Å²) in [6.07, 6.45) is -3.86. The van der Waals surface area contributed by atoms with Crippen molar-refractivity contribution in [2.45, 2.75) is 12.7 Å². The summed E-state index contributed by atoms with van der Waals surface area (Å²) in [6.45, 7) is -0.262. The molecule has 0 spiro atoms.